The zero-order chi connectivity index (χ0) is 15.6. The van der Waals surface area contributed by atoms with E-state index >= 15 is 0 Å². The van der Waals surface area contributed by atoms with Gasteiger partial charge >= 0.3 is 0 Å². The van der Waals surface area contributed by atoms with Crippen molar-refractivity contribution in [2.75, 3.05) is 24.5 Å². The summed E-state index contributed by atoms with van der Waals surface area (Å²) in [5, 5.41) is 0. The van der Waals surface area contributed by atoms with E-state index in [0.29, 0.717) is 6.04 Å². The summed E-state index contributed by atoms with van der Waals surface area (Å²) in [5.41, 5.74) is 3.75. The number of piperazine rings is 1. The third-order valence-corrected chi connectivity index (χ3v) is 5.16. The number of fused-ring (bicyclic) bond motifs is 3. The van der Waals surface area contributed by atoms with Crippen LogP contribution in [0.4, 0.5) is 11.4 Å². The van der Waals surface area contributed by atoms with Gasteiger partial charge in [-0.1, -0.05) is 46.3 Å². The molecule has 0 saturated carbocycles. The lowest BCUT2D eigenvalue weighted by atomic mass is 10.1. The second-order valence-electron chi connectivity index (χ2n) is 6.25. The molecular formula is C19H20BrN3. The normalized spacial score (nSPS) is 20.7. The number of benzene rings is 2. The fourth-order valence-corrected chi connectivity index (χ4v) is 3.89. The van der Waals surface area contributed by atoms with E-state index in [1.165, 1.54) is 11.3 Å². The van der Waals surface area contributed by atoms with Crippen molar-refractivity contribution in [3.63, 3.8) is 0 Å². The van der Waals surface area contributed by atoms with Gasteiger partial charge in [-0.25, -0.2) is 0 Å². The average Bonchev–Trinajstić information content (AvgIpc) is 2.74. The molecular weight excluding hydrogens is 350 g/mol. The average molecular weight is 370 g/mol. The highest BCUT2D eigenvalue weighted by Crippen LogP contribution is 2.36. The van der Waals surface area contributed by atoms with Gasteiger partial charge in [-0.2, -0.15) is 0 Å². The zero-order valence-electron chi connectivity index (χ0n) is 13.0. The molecule has 2 aliphatic heterocycles. The highest BCUT2D eigenvalue weighted by molar-refractivity contribution is 9.10. The number of hydrogen-bond donors (Lipinski definition) is 0. The van der Waals surface area contributed by atoms with Gasteiger partial charge in [0.05, 0.1) is 11.4 Å². The zero-order valence-corrected chi connectivity index (χ0v) is 14.6. The van der Waals surface area contributed by atoms with Gasteiger partial charge < -0.3 is 4.90 Å². The smallest absolute Gasteiger partial charge is 0.0870 e. The summed E-state index contributed by atoms with van der Waals surface area (Å²) in [6.45, 7) is 4.29. The number of nitrogens with zero attached hydrogens (tertiary/aromatic N) is 3. The third-order valence-electron chi connectivity index (χ3n) is 4.67. The molecule has 4 heteroatoms. The van der Waals surface area contributed by atoms with E-state index in [4.69, 9.17) is 0 Å². The molecule has 1 fully saturated rings. The molecule has 23 heavy (non-hydrogen) atoms. The largest absolute Gasteiger partial charge is 0.364 e. The third kappa shape index (κ3) is 3.19. The van der Waals surface area contributed by atoms with Crippen molar-refractivity contribution >= 4 is 33.5 Å². The van der Waals surface area contributed by atoms with Crippen LogP contribution in [0.2, 0.25) is 0 Å². The van der Waals surface area contributed by atoms with Gasteiger partial charge in [-0.3, -0.25) is 9.89 Å². The summed E-state index contributed by atoms with van der Waals surface area (Å²) < 4.78 is 1.09. The molecule has 0 aromatic heterocycles. The van der Waals surface area contributed by atoms with Gasteiger partial charge in [0.1, 0.15) is 0 Å². The van der Waals surface area contributed by atoms with Gasteiger partial charge in [-0.15, -0.1) is 0 Å². The van der Waals surface area contributed by atoms with Crippen LogP contribution in [0.25, 0.3) is 0 Å². The molecule has 0 bridgehead atoms. The van der Waals surface area contributed by atoms with Crippen molar-refractivity contribution in [2.45, 2.75) is 19.0 Å². The first-order chi connectivity index (χ1) is 11.3. The van der Waals surface area contributed by atoms with Gasteiger partial charge in [-0.05, 0) is 23.8 Å². The van der Waals surface area contributed by atoms with Crippen LogP contribution in [0.5, 0.6) is 0 Å². The molecule has 1 saturated heterocycles. The van der Waals surface area contributed by atoms with E-state index in [0.717, 1.165) is 42.8 Å². The minimum absolute atomic E-state index is 0.513. The van der Waals surface area contributed by atoms with E-state index in [1.54, 1.807) is 0 Å². The maximum absolute atomic E-state index is 4.67. The molecule has 2 aromatic carbocycles. The van der Waals surface area contributed by atoms with E-state index in [-0.39, 0.29) is 0 Å². The van der Waals surface area contributed by atoms with Crippen molar-refractivity contribution in [1.82, 2.24) is 4.90 Å². The molecule has 0 spiro atoms. The summed E-state index contributed by atoms with van der Waals surface area (Å²) in [5.74, 6) is 0. The van der Waals surface area contributed by atoms with Gasteiger partial charge in [0.15, 0.2) is 0 Å². The topological polar surface area (TPSA) is 18.8 Å². The second kappa shape index (κ2) is 6.46. The Balaban J connectivity index is 1.53. The van der Waals surface area contributed by atoms with E-state index in [1.807, 2.05) is 0 Å². The van der Waals surface area contributed by atoms with Crippen LogP contribution in [0, 0.1) is 0 Å². The van der Waals surface area contributed by atoms with Crippen LogP contribution in [0.3, 0.4) is 0 Å². The molecule has 2 aliphatic rings. The number of aliphatic imine (C=N–C) groups is 1. The predicted octanol–water partition coefficient (Wildman–Crippen LogP) is 4.25. The standard InChI is InChI=1S/C19H20BrN3/c20-16-6-7-19-18(12-16)21-9-8-17-14-22(10-11-23(17)19)13-15-4-2-1-3-5-15/h1-7,9,12,17H,8,10-11,13-14H2. The number of halogens is 1. The van der Waals surface area contributed by atoms with E-state index in [9.17, 15) is 0 Å². The van der Waals surface area contributed by atoms with Crippen molar-refractivity contribution in [1.29, 1.82) is 0 Å². The molecule has 4 rings (SSSR count). The Bertz CT molecular complexity index is 714. The molecule has 1 atom stereocenters. The molecule has 1 unspecified atom stereocenters. The summed E-state index contributed by atoms with van der Waals surface area (Å²) in [6.07, 6.45) is 3.10. The van der Waals surface area contributed by atoms with Crippen LogP contribution in [-0.4, -0.2) is 36.8 Å². The first-order valence-electron chi connectivity index (χ1n) is 8.14. The first-order valence-corrected chi connectivity index (χ1v) is 8.94. The van der Waals surface area contributed by atoms with E-state index in [2.05, 4.69) is 85.5 Å². The van der Waals surface area contributed by atoms with Crippen LogP contribution in [-0.2, 0) is 6.54 Å². The maximum Gasteiger partial charge on any atom is 0.0870 e. The SMILES string of the molecule is Brc1ccc2c(c1)N=CCC1CN(Cc3ccccc3)CCN21. The molecule has 0 N–H and O–H groups in total. The highest BCUT2D eigenvalue weighted by Gasteiger charge is 2.29. The molecule has 0 radical (unpaired) electrons. The fourth-order valence-electron chi connectivity index (χ4n) is 3.54. The van der Waals surface area contributed by atoms with Crippen LogP contribution in [0.1, 0.15) is 12.0 Å². The maximum atomic E-state index is 4.67. The summed E-state index contributed by atoms with van der Waals surface area (Å²) in [6, 6.07) is 17.7. The Morgan fingerprint density at radius 1 is 1.09 bits per heavy atom. The van der Waals surface area contributed by atoms with Crippen molar-refractivity contribution < 1.29 is 0 Å². The Labute approximate surface area is 145 Å². The Morgan fingerprint density at radius 3 is 2.83 bits per heavy atom. The van der Waals surface area contributed by atoms with Crippen LogP contribution < -0.4 is 4.90 Å². The highest BCUT2D eigenvalue weighted by atomic mass is 79.9. The monoisotopic (exact) mass is 369 g/mol. The van der Waals surface area contributed by atoms with Gasteiger partial charge in [0.2, 0.25) is 0 Å². The summed E-state index contributed by atoms with van der Waals surface area (Å²) >= 11 is 3.55. The molecule has 0 amide bonds. The van der Waals surface area contributed by atoms with Gasteiger partial charge in [0.25, 0.3) is 0 Å². The predicted molar refractivity (Wildman–Crippen MR) is 99.8 cm³/mol. The minimum atomic E-state index is 0.513. The lowest BCUT2D eigenvalue weighted by Gasteiger charge is -2.42. The molecule has 0 aliphatic carbocycles. The lowest BCUT2D eigenvalue weighted by Crippen LogP contribution is -2.52. The first kappa shape index (κ1) is 14.9. The Hall–Kier alpha value is -1.65. The number of anilines is 1. The lowest BCUT2D eigenvalue weighted by molar-refractivity contribution is 0.217. The van der Waals surface area contributed by atoms with Gasteiger partial charge in [0, 0.05) is 49.3 Å². The molecule has 2 aromatic rings. The Kier molecular flexibility index (Phi) is 4.19. The quantitative estimate of drug-likeness (QED) is 0.787. The number of rotatable bonds is 2. The second-order valence-corrected chi connectivity index (χ2v) is 7.16. The molecule has 118 valence electrons. The van der Waals surface area contributed by atoms with E-state index < -0.39 is 0 Å². The van der Waals surface area contributed by atoms with Crippen LogP contribution >= 0.6 is 15.9 Å². The minimum Gasteiger partial charge on any atom is -0.364 e. The Morgan fingerprint density at radius 2 is 1.96 bits per heavy atom. The summed E-state index contributed by atoms with van der Waals surface area (Å²) in [7, 11) is 0. The number of hydrogen-bond acceptors (Lipinski definition) is 3. The van der Waals surface area contributed by atoms with Crippen molar-refractivity contribution in [3.8, 4) is 0 Å². The van der Waals surface area contributed by atoms with Crippen molar-refractivity contribution in [3.05, 3.63) is 58.6 Å². The fraction of sp³-hybridized carbons (Fsp3) is 0.316. The summed E-state index contributed by atoms with van der Waals surface area (Å²) in [4.78, 5) is 9.77. The van der Waals surface area contributed by atoms with Crippen molar-refractivity contribution in [2.24, 2.45) is 4.99 Å². The molecule has 2 heterocycles. The molecule has 3 nitrogen and oxygen atoms in total. The van der Waals surface area contributed by atoms with Crippen LogP contribution in [0.15, 0.2) is 58.0 Å².